The molecule has 1 N–H and O–H groups in total. The van der Waals surface area contributed by atoms with Crippen molar-refractivity contribution in [2.24, 2.45) is 0 Å². The molecule has 86 valence electrons. The number of hydrogen-bond donors (Lipinski definition) is 1. The molecule has 1 aromatic heterocycles. The number of rotatable bonds is 2. The van der Waals surface area contributed by atoms with Crippen LogP contribution in [0.4, 0.5) is 0 Å². The number of aromatic nitrogens is 2. The lowest BCUT2D eigenvalue weighted by atomic mass is 9.99. The molecule has 4 heteroatoms. The van der Waals surface area contributed by atoms with Crippen LogP contribution in [-0.2, 0) is 11.3 Å². The summed E-state index contributed by atoms with van der Waals surface area (Å²) in [7, 11) is 0. The highest BCUT2D eigenvalue weighted by Crippen LogP contribution is 2.42. The molecule has 16 heavy (non-hydrogen) atoms. The molecule has 4 nitrogen and oxygen atoms in total. The van der Waals surface area contributed by atoms with Crippen molar-refractivity contribution in [3.8, 4) is 0 Å². The second-order valence-electron chi connectivity index (χ2n) is 4.90. The second-order valence-corrected chi connectivity index (χ2v) is 4.90. The highest BCUT2D eigenvalue weighted by Gasteiger charge is 2.35. The van der Waals surface area contributed by atoms with Gasteiger partial charge in [-0.25, -0.2) is 4.98 Å². The maximum atomic E-state index is 11.2. The first-order valence-corrected chi connectivity index (χ1v) is 5.98. The van der Waals surface area contributed by atoms with Crippen LogP contribution in [0.3, 0.4) is 0 Å². The lowest BCUT2D eigenvalue weighted by molar-refractivity contribution is -0.139. The molecule has 0 saturated heterocycles. The van der Waals surface area contributed by atoms with Gasteiger partial charge in [-0.15, -0.1) is 0 Å². The Labute approximate surface area is 94.3 Å². The van der Waals surface area contributed by atoms with E-state index in [2.05, 4.69) is 16.5 Å². The van der Waals surface area contributed by atoms with E-state index >= 15 is 0 Å². The first-order valence-electron chi connectivity index (χ1n) is 5.98. The van der Waals surface area contributed by atoms with Crippen LogP contribution < -0.4 is 0 Å². The highest BCUT2D eigenvalue weighted by atomic mass is 16.4. The van der Waals surface area contributed by atoms with Gasteiger partial charge in [0.1, 0.15) is 11.7 Å². The van der Waals surface area contributed by atoms with Gasteiger partial charge in [0, 0.05) is 18.2 Å². The minimum atomic E-state index is -0.728. The standard InChI is InChI=1S/C12H16N2O2/c1-7-10(8-4-5-8)13-11-9(12(15)16)3-2-6-14(7)11/h8-9H,2-6H2,1H3,(H,15,16). The van der Waals surface area contributed by atoms with E-state index < -0.39 is 5.97 Å². The van der Waals surface area contributed by atoms with E-state index in [0.29, 0.717) is 5.92 Å². The summed E-state index contributed by atoms with van der Waals surface area (Å²) in [5.41, 5.74) is 2.35. The quantitative estimate of drug-likeness (QED) is 0.829. The largest absolute Gasteiger partial charge is 0.481 e. The van der Waals surface area contributed by atoms with Gasteiger partial charge in [-0.1, -0.05) is 0 Å². The van der Waals surface area contributed by atoms with Crippen molar-refractivity contribution in [1.82, 2.24) is 9.55 Å². The Balaban J connectivity index is 2.06. The van der Waals surface area contributed by atoms with Crippen molar-refractivity contribution in [1.29, 1.82) is 0 Å². The number of carbonyl (C=O) groups is 1. The van der Waals surface area contributed by atoms with Crippen LogP contribution in [0, 0.1) is 6.92 Å². The molecular weight excluding hydrogens is 204 g/mol. The predicted octanol–water partition coefficient (Wildman–Crippen LogP) is 2.03. The first kappa shape index (κ1) is 9.87. The molecule has 0 radical (unpaired) electrons. The van der Waals surface area contributed by atoms with E-state index in [-0.39, 0.29) is 5.92 Å². The molecule has 1 atom stereocenters. The van der Waals surface area contributed by atoms with Crippen LogP contribution in [0.1, 0.15) is 54.7 Å². The number of aliphatic carboxylic acids is 1. The average molecular weight is 220 g/mol. The van der Waals surface area contributed by atoms with Crippen LogP contribution in [-0.4, -0.2) is 20.6 Å². The van der Waals surface area contributed by atoms with E-state index in [0.717, 1.165) is 30.9 Å². The topological polar surface area (TPSA) is 55.1 Å². The minimum Gasteiger partial charge on any atom is -0.481 e. The van der Waals surface area contributed by atoms with Gasteiger partial charge >= 0.3 is 5.97 Å². The molecule has 1 aromatic rings. The molecule has 2 aliphatic rings. The highest BCUT2D eigenvalue weighted by molar-refractivity contribution is 5.75. The van der Waals surface area contributed by atoms with Gasteiger partial charge in [-0.05, 0) is 32.6 Å². The molecule has 0 amide bonds. The Kier molecular flexibility index (Phi) is 2.06. The zero-order valence-electron chi connectivity index (χ0n) is 9.44. The number of nitrogens with zero attached hydrogens (tertiary/aromatic N) is 2. The summed E-state index contributed by atoms with van der Waals surface area (Å²) in [5.74, 6) is 0.277. The van der Waals surface area contributed by atoms with Gasteiger partial charge in [0.05, 0.1) is 5.69 Å². The van der Waals surface area contributed by atoms with Gasteiger partial charge in [-0.3, -0.25) is 4.79 Å². The minimum absolute atomic E-state index is 0.389. The smallest absolute Gasteiger partial charge is 0.314 e. The zero-order valence-corrected chi connectivity index (χ0v) is 9.44. The molecule has 1 unspecified atom stereocenters. The van der Waals surface area contributed by atoms with Gasteiger partial charge in [-0.2, -0.15) is 0 Å². The molecule has 3 rings (SSSR count). The maximum absolute atomic E-state index is 11.2. The Morgan fingerprint density at radius 1 is 1.44 bits per heavy atom. The molecule has 1 fully saturated rings. The van der Waals surface area contributed by atoms with E-state index in [1.165, 1.54) is 18.5 Å². The normalized spacial score (nSPS) is 24.2. The lowest BCUT2D eigenvalue weighted by Crippen LogP contribution is -2.22. The zero-order chi connectivity index (χ0) is 11.3. The fourth-order valence-electron chi connectivity index (χ4n) is 2.68. The second kappa shape index (κ2) is 3.34. The Hall–Kier alpha value is -1.32. The van der Waals surface area contributed by atoms with Gasteiger partial charge < -0.3 is 9.67 Å². The number of hydrogen-bond acceptors (Lipinski definition) is 2. The third-order valence-corrected chi connectivity index (χ3v) is 3.74. The van der Waals surface area contributed by atoms with E-state index in [9.17, 15) is 9.90 Å². The third-order valence-electron chi connectivity index (χ3n) is 3.74. The van der Waals surface area contributed by atoms with Crippen LogP contribution in [0.25, 0.3) is 0 Å². The summed E-state index contributed by atoms with van der Waals surface area (Å²) in [5, 5.41) is 9.19. The molecule has 2 heterocycles. The molecule has 1 aliphatic carbocycles. The number of fused-ring (bicyclic) bond motifs is 1. The fourth-order valence-corrected chi connectivity index (χ4v) is 2.68. The summed E-state index contributed by atoms with van der Waals surface area (Å²) in [4.78, 5) is 15.8. The molecule has 0 spiro atoms. The number of carboxylic acid groups (broad SMARTS) is 1. The summed E-state index contributed by atoms with van der Waals surface area (Å²) in [6, 6.07) is 0. The molecule has 0 aromatic carbocycles. The SMILES string of the molecule is Cc1c(C2CC2)nc2n1CCCC2C(=O)O. The summed E-state index contributed by atoms with van der Waals surface area (Å²) in [6.45, 7) is 3.01. The van der Waals surface area contributed by atoms with Crippen LogP contribution in [0.2, 0.25) is 0 Å². The van der Waals surface area contributed by atoms with Crippen molar-refractivity contribution in [3.05, 3.63) is 17.2 Å². The summed E-state index contributed by atoms with van der Waals surface area (Å²) >= 11 is 0. The summed E-state index contributed by atoms with van der Waals surface area (Å²) < 4.78 is 2.12. The lowest BCUT2D eigenvalue weighted by Gasteiger charge is -2.20. The van der Waals surface area contributed by atoms with Gasteiger partial charge in [0.2, 0.25) is 0 Å². The van der Waals surface area contributed by atoms with Crippen molar-refractivity contribution in [2.75, 3.05) is 0 Å². The Morgan fingerprint density at radius 3 is 2.81 bits per heavy atom. The first-order chi connectivity index (χ1) is 7.68. The molecular formula is C12H16N2O2. The summed E-state index contributed by atoms with van der Waals surface area (Å²) in [6.07, 6.45) is 4.12. The van der Waals surface area contributed by atoms with E-state index in [4.69, 9.17) is 0 Å². The fraction of sp³-hybridized carbons (Fsp3) is 0.667. The van der Waals surface area contributed by atoms with E-state index in [1.807, 2.05) is 0 Å². The Morgan fingerprint density at radius 2 is 2.19 bits per heavy atom. The van der Waals surface area contributed by atoms with Gasteiger partial charge in [0.15, 0.2) is 0 Å². The van der Waals surface area contributed by atoms with Crippen molar-refractivity contribution < 1.29 is 9.90 Å². The van der Waals surface area contributed by atoms with Crippen LogP contribution in [0.15, 0.2) is 0 Å². The van der Waals surface area contributed by atoms with Gasteiger partial charge in [0.25, 0.3) is 0 Å². The number of imidazole rings is 1. The van der Waals surface area contributed by atoms with Crippen molar-refractivity contribution in [2.45, 2.75) is 51.0 Å². The van der Waals surface area contributed by atoms with Crippen LogP contribution in [0.5, 0.6) is 0 Å². The van der Waals surface area contributed by atoms with Crippen molar-refractivity contribution in [3.63, 3.8) is 0 Å². The molecule has 0 bridgehead atoms. The Bertz CT molecular complexity index is 446. The number of carboxylic acids is 1. The molecule has 1 saturated carbocycles. The monoisotopic (exact) mass is 220 g/mol. The average Bonchev–Trinajstić information content (AvgIpc) is 3.04. The predicted molar refractivity (Wildman–Crippen MR) is 58.5 cm³/mol. The van der Waals surface area contributed by atoms with Crippen molar-refractivity contribution >= 4 is 5.97 Å². The maximum Gasteiger partial charge on any atom is 0.314 e. The van der Waals surface area contributed by atoms with Crippen LogP contribution >= 0.6 is 0 Å². The third kappa shape index (κ3) is 1.36. The molecule has 1 aliphatic heterocycles. The van der Waals surface area contributed by atoms with E-state index in [1.54, 1.807) is 0 Å².